The summed E-state index contributed by atoms with van der Waals surface area (Å²) in [5, 5.41) is 17.1. The minimum absolute atomic E-state index is 0.0664. The van der Waals surface area contributed by atoms with Crippen molar-refractivity contribution in [2.24, 2.45) is 0 Å². The zero-order valence-electron chi connectivity index (χ0n) is 14.7. The van der Waals surface area contributed by atoms with Crippen LogP contribution < -0.4 is 16.0 Å². The largest absolute Gasteiger partial charge is 0.478 e. The molecule has 2 aromatic rings. The highest BCUT2D eigenvalue weighted by Gasteiger charge is 2.34. The quantitative estimate of drug-likeness (QED) is 0.218. The number of anilines is 1. The fourth-order valence-corrected chi connectivity index (χ4v) is 2.68. The Morgan fingerprint density at radius 1 is 1.00 bits per heavy atom. The van der Waals surface area contributed by atoms with Crippen molar-refractivity contribution in [3.63, 3.8) is 0 Å². The Morgan fingerprint density at radius 2 is 1.62 bits per heavy atom. The summed E-state index contributed by atoms with van der Waals surface area (Å²) >= 11 is 23.0. The number of benzene rings is 2. The molecule has 0 aliphatic rings. The molecule has 0 fully saturated rings. The fraction of sp³-hybridized carbons (Fsp3) is 0.105. The van der Waals surface area contributed by atoms with Crippen LogP contribution in [0.25, 0.3) is 6.08 Å². The van der Waals surface area contributed by atoms with Crippen molar-refractivity contribution in [3.8, 4) is 0 Å². The molecule has 4 N–H and O–H groups in total. The number of carboxylic acid groups (broad SMARTS) is 1. The lowest BCUT2D eigenvalue weighted by atomic mass is 10.2. The number of nitrogens with one attached hydrogen (secondary N) is 3. The molecular weight excluding hydrogens is 457 g/mol. The van der Waals surface area contributed by atoms with Gasteiger partial charge in [0.2, 0.25) is 9.70 Å². The van der Waals surface area contributed by atoms with Gasteiger partial charge in [0, 0.05) is 11.8 Å². The van der Waals surface area contributed by atoms with Crippen LogP contribution in [0.4, 0.5) is 5.69 Å². The minimum Gasteiger partial charge on any atom is -0.478 e. The highest BCUT2D eigenvalue weighted by Crippen LogP contribution is 2.29. The molecule has 0 bridgehead atoms. The summed E-state index contributed by atoms with van der Waals surface area (Å²) in [5.74, 6) is -1.54. The van der Waals surface area contributed by atoms with Crippen LogP contribution in [0.5, 0.6) is 0 Å². The average Bonchev–Trinajstić information content (AvgIpc) is 2.66. The van der Waals surface area contributed by atoms with Crippen molar-refractivity contribution in [1.29, 1.82) is 0 Å². The number of carbonyl (C=O) groups excluding carboxylic acids is 1. The Labute approximate surface area is 187 Å². The van der Waals surface area contributed by atoms with Gasteiger partial charge in [-0.25, -0.2) is 4.79 Å². The Hall–Kier alpha value is -2.32. The molecule has 1 atom stereocenters. The second-order valence-electron chi connectivity index (χ2n) is 5.71. The lowest BCUT2D eigenvalue weighted by molar-refractivity contribution is -0.117. The van der Waals surface area contributed by atoms with Crippen molar-refractivity contribution in [1.82, 2.24) is 10.6 Å². The van der Waals surface area contributed by atoms with Gasteiger partial charge >= 0.3 is 5.97 Å². The summed E-state index contributed by atoms with van der Waals surface area (Å²) in [6.45, 7) is 0. The molecule has 0 spiro atoms. The smallest absolute Gasteiger partial charge is 0.335 e. The molecule has 0 saturated carbocycles. The molecule has 0 radical (unpaired) electrons. The van der Waals surface area contributed by atoms with Crippen molar-refractivity contribution >= 4 is 75.8 Å². The van der Waals surface area contributed by atoms with Crippen LogP contribution in [0.1, 0.15) is 15.9 Å². The van der Waals surface area contributed by atoms with E-state index in [0.717, 1.165) is 5.56 Å². The molecule has 1 unspecified atom stereocenters. The molecule has 0 aromatic heterocycles. The topological polar surface area (TPSA) is 90.5 Å². The normalized spacial score (nSPS) is 12.2. The Kier molecular flexibility index (Phi) is 8.28. The highest BCUT2D eigenvalue weighted by molar-refractivity contribution is 7.80. The summed E-state index contributed by atoms with van der Waals surface area (Å²) in [5.41, 5.74) is 1.49. The number of thiocarbonyl (C=S) groups is 1. The third kappa shape index (κ3) is 7.91. The predicted octanol–water partition coefficient (Wildman–Crippen LogP) is 4.20. The van der Waals surface area contributed by atoms with Crippen molar-refractivity contribution in [3.05, 3.63) is 71.8 Å². The van der Waals surface area contributed by atoms with Crippen LogP contribution >= 0.6 is 47.0 Å². The Morgan fingerprint density at radius 3 is 2.17 bits per heavy atom. The fourth-order valence-electron chi connectivity index (χ4n) is 2.12. The molecule has 2 rings (SSSR count). The number of carbonyl (C=O) groups is 2. The van der Waals surface area contributed by atoms with Gasteiger partial charge in [0.15, 0.2) is 5.11 Å². The van der Waals surface area contributed by atoms with Gasteiger partial charge in [-0.2, -0.15) is 0 Å². The van der Waals surface area contributed by atoms with Gasteiger partial charge in [-0.1, -0.05) is 65.1 Å². The summed E-state index contributed by atoms with van der Waals surface area (Å²) in [6, 6.07) is 15.1. The first-order valence-electron chi connectivity index (χ1n) is 8.16. The van der Waals surface area contributed by atoms with Crippen LogP contribution in [0.15, 0.2) is 60.7 Å². The third-order valence-corrected chi connectivity index (χ3v) is 4.38. The lowest BCUT2D eigenvalue weighted by Crippen LogP contribution is -2.55. The number of alkyl halides is 3. The molecule has 10 heteroatoms. The number of amides is 1. The SMILES string of the molecule is O=C(C=Cc1ccccc1)NC(NC(=S)Nc1ccc(C(=O)O)cc1)C(Cl)(Cl)Cl. The van der Waals surface area contributed by atoms with E-state index in [9.17, 15) is 9.59 Å². The third-order valence-electron chi connectivity index (χ3n) is 3.51. The summed E-state index contributed by atoms with van der Waals surface area (Å²) in [6.07, 6.45) is 1.80. The molecule has 0 saturated heterocycles. The molecule has 0 aliphatic heterocycles. The summed E-state index contributed by atoms with van der Waals surface area (Å²) in [4.78, 5) is 23.1. The van der Waals surface area contributed by atoms with E-state index in [2.05, 4.69) is 16.0 Å². The molecule has 1 amide bonds. The molecule has 0 aliphatic carbocycles. The first kappa shape index (κ1) is 23.0. The van der Waals surface area contributed by atoms with Crippen LogP contribution in [0.3, 0.4) is 0 Å². The molecule has 152 valence electrons. The van der Waals surface area contributed by atoms with Gasteiger partial charge < -0.3 is 21.1 Å². The number of halogens is 3. The van der Waals surface area contributed by atoms with Gasteiger partial charge in [-0.05, 0) is 48.1 Å². The van der Waals surface area contributed by atoms with E-state index in [0.29, 0.717) is 5.69 Å². The second kappa shape index (κ2) is 10.5. The van der Waals surface area contributed by atoms with Crippen LogP contribution in [0, 0.1) is 0 Å². The van der Waals surface area contributed by atoms with E-state index < -0.39 is 21.8 Å². The maximum absolute atomic E-state index is 12.2. The predicted molar refractivity (Wildman–Crippen MR) is 120 cm³/mol. The number of aromatic carboxylic acids is 1. The first-order valence-corrected chi connectivity index (χ1v) is 9.70. The van der Waals surface area contributed by atoms with Crippen LogP contribution in [0.2, 0.25) is 0 Å². The second-order valence-corrected chi connectivity index (χ2v) is 8.49. The number of carboxylic acids is 1. The zero-order chi connectivity index (χ0) is 21.4. The number of rotatable bonds is 6. The summed E-state index contributed by atoms with van der Waals surface area (Å²) in [7, 11) is 0. The molecular formula is C19H16Cl3N3O3S. The van der Waals surface area contributed by atoms with Gasteiger partial charge in [0.05, 0.1) is 5.56 Å². The maximum Gasteiger partial charge on any atom is 0.335 e. The van der Waals surface area contributed by atoms with E-state index in [1.807, 2.05) is 30.3 Å². The van der Waals surface area contributed by atoms with Crippen LogP contribution in [-0.4, -0.2) is 32.1 Å². The first-order chi connectivity index (χ1) is 13.6. The minimum atomic E-state index is -1.89. The number of hydrogen-bond donors (Lipinski definition) is 4. The van der Waals surface area contributed by atoms with Gasteiger partial charge in [-0.3, -0.25) is 4.79 Å². The molecule has 0 heterocycles. The van der Waals surface area contributed by atoms with Gasteiger partial charge in [0.25, 0.3) is 0 Å². The standard InChI is InChI=1S/C19H16Cl3N3O3S/c20-19(21,22)17(24-15(26)11-6-12-4-2-1-3-5-12)25-18(29)23-14-9-7-13(8-10-14)16(27)28/h1-11,17H,(H,24,26)(H,27,28)(H2,23,25,29). The molecule has 2 aromatic carbocycles. The van der Waals surface area contributed by atoms with E-state index in [-0.39, 0.29) is 10.7 Å². The van der Waals surface area contributed by atoms with Gasteiger partial charge in [0.1, 0.15) is 6.17 Å². The summed E-state index contributed by atoms with van der Waals surface area (Å²) < 4.78 is -1.89. The monoisotopic (exact) mass is 471 g/mol. The Bertz CT molecular complexity index is 900. The van der Waals surface area contributed by atoms with E-state index in [1.165, 1.54) is 30.3 Å². The average molecular weight is 473 g/mol. The van der Waals surface area contributed by atoms with E-state index in [4.69, 9.17) is 52.1 Å². The van der Waals surface area contributed by atoms with Crippen molar-refractivity contribution in [2.75, 3.05) is 5.32 Å². The van der Waals surface area contributed by atoms with E-state index in [1.54, 1.807) is 6.08 Å². The maximum atomic E-state index is 12.2. The lowest BCUT2D eigenvalue weighted by Gasteiger charge is -2.27. The molecule has 29 heavy (non-hydrogen) atoms. The molecule has 6 nitrogen and oxygen atoms in total. The highest BCUT2D eigenvalue weighted by atomic mass is 35.6. The number of hydrogen-bond acceptors (Lipinski definition) is 3. The zero-order valence-corrected chi connectivity index (χ0v) is 17.8. The van der Waals surface area contributed by atoms with Crippen molar-refractivity contribution < 1.29 is 14.7 Å². The Balaban J connectivity index is 1.98. The van der Waals surface area contributed by atoms with Crippen molar-refractivity contribution in [2.45, 2.75) is 9.96 Å². The van der Waals surface area contributed by atoms with Gasteiger partial charge in [-0.15, -0.1) is 0 Å². The van der Waals surface area contributed by atoms with Crippen LogP contribution in [-0.2, 0) is 4.79 Å². The van der Waals surface area contributed by atoms with E-state index >= 15 is 0 Å².